The SMILES string of the molecule is O=C(CC(O)c1cccc(F)c1)NCCOc1cccc(F)c1. The molecule has 2 aromatic rings. The number of carbonyl (C=O) groups excluding carboxylic acids is 1. The molecule has 2 aromatic carbocycles. The second-order valence-corrected chi connectivity index (χ2v) is 4.93. The van der Waals surface area contributed by atoms with E-state index in [1.807, 2.05) is 0 Å². The number of aliphatic hydroxyl groups is 1. The van der Waals surface area contributed by atoms with Gasteiger partial charge in [0.25, 0.3) is 0 Å². The molecule has 0 aromatic heterocycles. The molecular weight excluding hydrogens is 304 g/mol. The fraction of sp³-hybridized carbons (Fsp3) is 0.235. The molecule has 0 aliphatic heterocycles. The van der Waals surface area contributed by atoms with Crippen LogP contribution in [0.3, 0.4) is 0 Å². The van der Waals surface area contributed by atoms with Crippen molar-refractivity contribution < 1.29 is 23.4 Å². The maximum Gasteiger partial charge on any atom is 0.223 e. The van der Waals surface area contributed by atoms with Gasteiger partial charge in [-0.05, 0) is 29.8 Å². The number of hydrogen-bond acceptors (Lipinski definition) is 3. The van der Waals surface area contributed by atoms with Gasteiger partial charge in [-0.2, -0.15) is 0 Å². The van der Waals surface area contributed by atoms with Gasteiger partial charge in [-0.15, -0.1) is 0 Å². The first-order chi connectivity index (χ1) is 11.0. The van der Waals surface area contributed by atoms with Crippen LogP contribution in [-0.2, 0) is 4.79 Å². The molecule has 122 valence electrons. The van der Waals surface area contributed by atoms with E-state index in [0.29, 0.717) is 11.3 Å². The normalized spacial score (nSPS) is 11.8. The summed E-state index contributed by atoms with van der Waals surface area (Å²) in [6.45, 7) is 0.385. The Morgan fingerprint density at radius 1 is 1.13 bits per heavy atom. The topological polar surface area (TPSA) is 58.6 Å². The van der Waals surface area contributed by atoms with E-state index in [2.05, 4.69) is 5.32 Å². The average Bonchev–Trinajstić information content (AvgIpc) is 2.51. The van der Waals surface area contributed by atoms with Crippen molar-refractivity contribution in [3.8, 4) is 5.75 Å². The van der Waals surface area contributed by atoms with Crippen LogP contribution in [0.5, 0.6) is 5.75 Å². The van der Waals surface area contributed by atoms with Crippen LogP contribution in [0.4, 0.5) is 8.78 Å². The minimum absolute atomic E-state index is 0.172. The lowest BCUT2D eigenvalue weighted by Crippen LogP contribution is -2.29. The lowest BCUT2D eigenvalue weighted by Gasteiger charge is -2.12. The molecule has 0 spiro atoms. The summed E-state index contributed by atoms with van der Waals surface area (Å²) in [4.78, 5) is 11.7. The molecule has 0 aliphatic carbocycles. The van der Waals surface area contributed by atoms with Gasteiger partial charge in [0, 0.05) is 6.07 Å². The van der Waals surface area contributed by atoms with Crippen molar-refractivity contribution in [2.45, 2.75) is 12.5 Å². The zero-order valence-corrected chi connectivity index (χ0v) is 12.3. The summed E-state index contributed by atoms with van der Waals surface area (Å²) in [6, 6.07) is 11.2. The van der Waals surface area contributed by atoms with Crippen molar-refractivity contribution in [2.24, 2.45) is 0 Å². The Kier molecular flexibility index (Phi) is 6.05. The molecule has 6 heteroatoms. The van der Waals surface area contributed by atoms with E-state index in [-0.39, 0.29) is 25.5 Å². The molecule has 4 nitrogen and oxygen atoms in total. The first-order valence-electron chi connectivity index (χ1n) is 7.13. The predicted octanol–water partition coefficient (Wildman–Crippen LogP) is 2.58. The molecule has 0 bridgehead atoms. The molecule has 0 fully saturated rings. The molecule has 0 radical (unpaired) electrons. The second kappa shape index (κ2) is 8.24. The smallest absolute Gasteiger partial charge is 0.223 e. The Morgan fingerprint density at radius 3 is 2.52 bits per heavy atom. The highest BCUT2D eigenvalue weighted by Crippen LogP contribution is 2.17. The number of carbonyl (C=O) groups is 1. The zero-order valence-electron chi connectivity index (χ0n) is 12.3. The average molecular weight is 321 g/mol. The number of aliphatic hydroxyl groups excluding tert-OH is 1. The van der Waals surface area contributed by atoms with Gasteiger partial charge in [0.05, 0.1) is 19.1 Å². The van der Waals surface area contributed by atoms with Gasteiger partial charge in [0.1, 0.15) is 24.0 Å². The van der Waals surface area contributed by atoms with E-state index in [1.165, 1.54) is 36.4 Å². The number of halogens is 2. The van der Waals surface area contributed by atoms with Crippen molar-refractivity contribution in [3.05, 3.63) is 65.7 Å². The van der Waals surface area contributed by atoms with Crippen molar-refractivity contribution in [2.75, 3.05) is 13.2 Å². The minimum atomic E-state index is -1.07. The largest absolute Gasteiger partial charge is 0.492 e. The molecule has 0 heterocycles. The van der Waals surface area contributed by atoms with Gasteiger partial charge in [0.2, 0.25) is 5.91 Å². The Balaban J connectivity index is 1.70. The van der Waals surface area contributed by atoms with Gasteiger partial charge in [-0.3, -0.25) is 4.79 Å². The highest BCUT2D eigenvalue weighted by molar-refractivity contribution is 5.76. The molecular formula is C17H17F2NO3. The van der Waals surface area contributed by atoms with Crippen LogP contribution in [0.25, 0.3) is 0 Å². The number of ether oxygens (including phenoxy) is 1. The summed E-state index contributed by atoms with van der Waals surface area (Å²) in [7, 11) is 0. The summed E-state index contributed by atoms with van der Waals surface area (Å²) < 4.78 is 31.3. The van der Waals surface area contributed by atoms with Crippen molar-refractivity contribution in [3.63, 3.8) is 0 Å². The van der Waals surface area contributed by atoms with Crippen LogP contribution in [0.2, 0.25) is 0 Å². The van der Waals surface area contributed by atoms with Crippen LogP contribution < -0.4 is 10.1 Å². The number of nitrogens with one attached hydrogen (secondary N) is 1. The molecule has 23 heavy (non-hydrogen) atoms. The Labute approximate surface area is 132 Å². The molecule has 1 unspecified atom stereocenters. The Bertz CT molecular complexity index is 664. The van der Waals surface area contributed by atoms with Crippen molar-refractivity contribution >= 4 is 5.91 Å². The second-order valence-electron chi connectivity index (χ2n) is 4.93. The summed E-state index contributed by atoms with van der Waals surface area (Å²) in [5.41, 5.74) is 0.344. The summed E-state index contributed by atoms with van der Waals surface area (Å²) in [6.07, 6.45) is -1.25. The molecule has 0 saturated carbocycles. The van der Waals surface area contributed by atoms with E-state index < -0.39 is 17.7 Å². The first kappa shape index (κ1) is 16.9. The minimum Gasteiger partial charge on any atom is -0.492 e. The lowest BCUT2D eigenvalue weighted by atomic mass is 10.1. The number of rotatable bonds is 7. The fourth-order valence-corrected chi connectivity index (χ4v) is 2.00. The zero-order chi connectivity index (χ0) is 16.7. The maximum atomic E-state index is 13.0. The van der Waals surface area contributed by atoms with Gasteiger partial charge >= 0.3 is 0 Å². The monoisotopic (exact) mass is 321 g/mol. The summed E-state index contributed by atoms with van der Waals surface area (Å²) in [5, 5.41) is 12.5. The molecule has 0 aliphatic rings. The standard InChI is InChI=1S/C17H17F2NO3/c18-13-4-1-3-12(9-13)16(21)11-17(22)20-7-8-23-15-6-2-5-14(19)10-15/h1-6,9-10,16,21H,7-8,11H2,(H,20,22). The quantitative estimate of drug-likeness (QED) is 0.771. The first-order valence-corrected chi connectivity index (χ1v) is 7.13. The summed E-state index contributed by atoms with van der Waals surface area (Å²) >= 11 is 0. The van der Waals surface area contributed by atoms with Gasteiger partial charge < -0.3 is 15.2 Å². The predicted molar refractivity (Wildman–Crippen MR) is 80.9 cm³/mol. The van der Waals surface area contributed by atoms with E-state index in [1.54, 1.807) is 12.1 Å². The Morgan fingerprint density at radius 2 is 1.83 bits per heavy atom. The van der Waals surface area contributed by atoms with Crippen LogP contribution in [0.15, 0.2) is 48.5 Å². The maximum absolute atomic E-state index is 13.0. The molecule has 0 saturated heterocycles. The highest BCUT2D eigenvalue weighted by atomic mass is 19.1. The highest BCUT2D eigenvalue weighted by Gasteiger charge is 2.13. The van der Waals surface area contributed by atoms with E-state index in [0.717, 1.165) is 0 Å². The number of hydrogen-bond donors (Lipinski definition) is 2. The van der Waals surface area contributed by atoms with Crippen LogP contribution in [-0.4, -0.2) is 24.2 Å². The third-order valence-corrected chi connectivity index (χ3v) is 3.10. The fourth-order valence-electron chi connectivity index (χ4n) is 2.00. The van der Waals surface area contributed by atoms with Crippen LogP contribution in [0.1, 0.15) is 18.1 Å². The van der Waals surface area contributed by atoms with Gasteiger partial charge in [-0.1, -0.05) is 18.2 Å². The Hall–Kier alpha value is -2.47. The molecule has 1 atom stereocenters. The molecule has 1 amide bonds. The van der Waals surface area contributed by atoms with E-state index in [9.17, 15) is 18.7 Å². The third-order valence-electron chi connectivity index (χ3n) is 3.10. The van der Waals surface area contributed by atoms with Gasteiger partial charge in [0.15, 0.2) is 0 Å². The summed E-state index contributed by atoms with van der Waals surface area (Å²) in [5.74, 6) is -0.876. The van der Waals surface area contributed by atoms with Crippen molar-refractivity contribution in [1.82, 2.24) is 5.32 Å². The van der Waals surface area contributed by atoms with E-state index in [4.69, 9.17) is 4.74 Å². The molecule has 2 rings (SSSR count). The number of benzene rings is 2. The van der Waals surface area contributed by atoms with Gasteiger partial charge in [-0.25, -0.2) is 8.78 Å². The van der Waals surface area contributed by atoms with Crippen LogP contribution in [0, 0.1) is 11.6 Å². The third kappa shape index (κ3) is 5.67. The van der Waals surface area contributed by atoms with Crippen molar-refractivity contribution in [1.29, 1.82) is 0 Å². The molecule has 2 N–H and O–H groups in total. The van der Waals surface area contributed by atoms with Crippen LogP contribution >= 0.6 is 0 Å². The lowest BCUT2D eigenvalue weighted by molar-refractivity contribution is -0.123. The van der Waals surface area contributed by atoms with E-state index >= 15 is 0 Å². The number of amides is 1.